The molecule has 0 bridgehead atoms. The standard InChI is InChI=1S/C22H36N2/c1-5-6-15-22-16-10-9-14-21(22,2)19-12-7-8-13-20(19)24(22)18-11-17-23(3)4/h7-8,12-13H,5-6,9-11,14-18H2,1-4H3. The minimum atomic E-state index is 0.342. The van der Waals surface area contributed by atoms with E-state index in [1.807, 2.05) is 0 Å². The normalized spacial score (nSPS) is 29.0. The second-order valence-electron chi connectivity index (χ2n) is 8.50. The van der Waals surface area contributed by atoms with Gasteiger partial charge in [0.25, 0.3) is 0 Å². The van der Waals surface area contributed by atoms with E-state index in [2.05, 4.69) is 62.0 Å². The van der Waals surface area contributed by atoms with Crippen LogP contribution in [0.15, 0.2) is 24.3 Å². The van der Waals surface area contributed by atoms with Crippen LogP contribution in [0.1, 0.15) is 70.8 Å². The van der Waals surface area contributed by atoms with E-state index in [0.717, 1.165) is 0 Å². The highest BCUT2D eigenvalue weighted by Gasteiger charge is 2.58. The van der Waals surface area contributed by atoms with Crippen molar-refractivity contribution in [2.24, 2.45) is 0 Å². The maximum atomic E-state index is 2.85. The van der Waals surface area contributed by atoms with Gasteiger partial charge in [0, 0.05) is 23.2 Å². The maximum Gasteiger partial charge on any atom is 0.0496 e. The molecule has 0 aromatic heterocycles. The van der Waals surface area contributed by atoms with Crippen molar-refractivity contribution in [2.45, 2.75) is 76.2 Å². The molecular formula is C22H36N2. The zero-order chi connectivity index (χ0) is 17.2. The van der Waals surface area contributed by atoms with Crippen LogP contribution in [-0.4, -0.2) is 37.6 Å². The Labute approximate surface area is 149 Å². The zero-order valence-electron chi connectivity index (χ0n) is 16.3. The first-order valence-corrected chi connectivity index (χ1v) is 10.1. The summed E-state index contributed by atoms with van der Waals surface area (Å²) in [5, 5.41) is 0. The average Bonchev–Trinajstić information content (AvgIpc) is 2.79. The second-order valence-corrected chi connectivity index (χ2v) is 8.50. The van der Waals surface area contributed by atoms with Crippen LogP contribution in [0.2, 0.25) is 0 Å². The Morgan fingerprint density at radius 2 is 1.83 bits per heavy atom. The van der Waals surface area contributed by atoms with Crippen LogP contribution < -0.4 is 4.90 Å². The monoisotopic (exact) mass is 328 g/mol. The first-order chi connectivity index (χ1) is 11.5. The topological polar surface area (TPSA) is 6.48 Å². The van der Waals surface area contributed by atoms with Crippen molar-refractivity contribution in [1.29, 1.82) is 0 Å². The van der Waals surface area contributed by atoms with E-state index in [1.54, 1.807) is 5.56 Å². The second kappa shape index (κ2) is 7.07. The van der Waals surface area contributed by atoms with Gasteiger partial charge in [0.2, 0.25) is 0 Å². The average molecular weight is 329 g/mol. The molecular weight excluding hydrogens is 292 g/mol. The number of nitrogens with zero attached hydrogens (tertiary/aromatic N) is 2. The van der Waals surface area contributed by atoms with Gasteiger partial charge < -0.3 is 9.80 Å². The van der Waals surface area contributed by atoms with Gasteiger partial charge >= 0.3 is 0 Å². The summed E-state index contributed by atoms with van der Waals surface area (Å²) in [6, 6.07) is 9.31. The van der Waals surface area contributed by atoms with Gasteiger partial charge in [-0.15, -0.1) is 0 Å². The Balaban J connectivity index is 1.98. The first kappa shape index (κ1) is 17.8. The fourth-order valence-electron chi connectivity index (χ4n) is 5.51. The number of benzene rings is 1. The third kappa shape index (κ3) is 2.77. The molecule has 0 spiro atoms. The predicted octanol–water partition coefficient (Wildman–Crippen LogP) is 5.22. The van der Waals surface area contributed by atoms with Gasteiger partial charge in [0.05, 0.1) is 0 Å². The van der Waals surface area contributed by atoms with Gasteiger partial charge in [-0.1, -0.05) is 57.7 Å². The minimum Gasteiger partial charge on any atom is -0.365 e. The lowest BCUT2D eigenvalue weighted by Crippen LogP contribution is -2.59. The van der Waals surface area contributed by atoms with Crippen molar-refractivity contribution in [2.75, 3.05) is 32.1 Å². The molecule has 1 aliphatic heterocycles. The van der Waals surface area contributed by atoms with Gasteiger partial charge in [-0.25, -0.2) is 0 Å². The lowest BCUT2D eigenvalue weighted by molar-refractivity contribution is 0.149. The summed E-state index contributed by atoms with van der Waals surface area (Å²) < 4.78 is 0. The molecule has 2 aliphatic rings. The molecule has 1 saturated carbocycles. The Bertz CT molecular complexity index is 553. The van der Waals surface area contributed by atoms with Gasteiger partial charge in [-0.05, 0) is 58.0 Å². The molecule has 1 aromatic carbocycles. The predicted molar refractivity (Wildman–Crippen MR) is 105 cm³/mol. The van der Waals surface area contributed by atoms with Crippen LogP contribution in [0, 0.1) is 0 Å². The van der Waals surface area contributed by atoms with Crippen LogP contribution in [0.25, 0.3) is 0 Å². The number of hydrogen-bond acceptors (Lipinski definition) is 2. The van der Waals surface area contributed by atoms with Crippen molar-refractivity contribution in [3.8, 4) is 0 Å². The molecule has 0 amide bonds. The maximum absolute atomic E-state index is 2.85. The summed E-state index contributed by atoms with van der Waals surface area (Å²) in [7, 11) is 4.38. The quantitative estimate of drug-likeness (QED) is 0.677. The number of unbranched alkanes of at least 4 members (excludes halogenated alkanes) is 1. The summed E-state index contributed by atoms with van der Waals surface area (Å²) in [4.78, 5) is 5.17. The van der Waals surface area contributed by atoms with Crippen LogP contribution in [0.3, 0.4) is 0 Å². The third-order valence-electron chi connectivity index (χ3n) is 6.78. The molecule has 134 valence electrons. The van der Waals surface area contributed by atoms with Crippen LogP contribution in [0.4, 0.5) is 5.69 Å². The highest BCUT2D eigenvalue weighted by Crippen LogP contribution is 2.60. The lowest BCUT2D eigenvalue weighted by Gasteiger charge is -2.53. The minimum absolute atomic E-state index is 0.342. The number of para-hydroxylation sites is 1. The van der Waals surface area contributed by atoms with E-state index in [0.29, 0.717) is 11.0 Å². The van der Waals surface area contributed by atoms with Crippen LogP contribution in [0.5, 0.6) is 0 Å². The smallest absolute Gasteiger partial charge is 0.0496 e. The van der Waals surface area contributed by atoms with Crippen molar-refractivity contribution in [1.82, 2.24) is 4.90 Å². The van der Waals surface area contributed by atoms with Gasteiger partial charge in [0.15, 0.2) is 0 Å². The van der Waals surface area contributed by atoms with Gasteiger partial charge in [0.1, 0.15) is 0 Å². The van der Waals surface area contributed by atoms with Crippen LogP contribution >= 0.6 is 0 Å². The molecule has 2 unspecified atom stereocenters. The van der Waals surface area contributed by atoms with E-state index in [9.17, 15) is 0 Å². The molecule has 0 saturated heterocycles. The Morgan fingerprint density at radius 1 is 1.08 bits per heavy atom. The lowest BCUT2D eigenvalue weighted by atomic mass is 9.59. The van der Waals surface area contributed by atoms with E-state index < -0.39 is 0 Å². The fraction of sp³-hybridized carbons (Fsp3) is 0.727. The van der Waals surface area contributed by atoms with Crippen molar-refractivity contribution >= 4 is 5.69 Å². The molecule has 2 heteroatoms. The molecule has 1 aromatic rings. The number of fused-ring (bicyclic) bond motifs is 3. The van der Waals surface area contributed by atoms with E-state index in [1.165, 1.54) is 70.1 Å². The van der Waals surface area contributed by atoms with Crippen molar-refractivity contribution in [3.05, 3.63) is 29.8 Å². The number of anilines is 1. The van der Waals surface area contributed by atoms with Crippen molar-refractivity contribution in [3.63, 3.8) is 0 Å². The summed E-state index contributed by atoms with van der Waals surface area (Å²) in [6.07, 6.45) is 10.8. The summed E-state index contributed by atoms with van der Waals surface area (Å²) in [5.41, 5.74) is 3.87. The highest BCUT2D eigenvalue weighted by atomic mass is 15.3. The molecule has 2 nitrogen and oxygen atoms in total. The van der Waals surface area contributed by atoms with Gasteiger partial charge in [-0.3, -0.25) is 0 Å². The Morgan fingerprint density at radius 3 is 2.58 bits per heavy atom. The third-order valence-corrected chi connectivity index (χ3v) is 6.78. The largest absolute Gasteiger partial charge is 0.365 e. The van der Waals surface area contributed by atoms with E-state index in [4.69, 9.17) is 0 Å². The zero-order valence-corrected chi connectivity index (χ0v) is 16.3. The first-order valence-electron chi connectivity index (χ1n) is 10.1. The summed E-state index contributed by atoms with van der Waals surface area (Å²) in [6.45, 7) is 7.30. The van der Waals surface area contributed by atoms with Crippen LogP contribution in [-0.2, 0) is 5.41 Å². The molecule has 1 aliphatic carbocycles. The Hall–Kier alpha value is -1.02. The molecule has 24 heavy (non-hydrogen) atoms. The molecule has 1 fully saturated rings. The van der Waals surface area contributed by atoms with E-state index in [-0.39, 0.29) is 0 Å². The van der Waals surface area contributed by atoms with Crippen molar-refractivity contribution < 1.29 is 0 Å². The summed E-state index contributed by atoms with van der Waals surface area (Å²) in [5.74, 6) is 0. The molecule has 0 radical (unpaired) electrons. The molecule has 1 heterocycles. The summed E-state index contributed by atoms with van der Waals surface area (Å²) >= 11 is 0. The number of hydrogen-bond donors (Lipinski definition) is 0. The SMILES string of the molecule is CCCCC12CCCCC1(C)c1ccccc1N2CCCN(C)C. The highest BCUT2D eigenvalue weighted by molar-refractivity contribution is 5.67. The van der Waals surface area contributed by atoms with E-state index >= 15 is 0 Å². The number of rotatable bonds is 7. The van der Waals surface area contributed by atoms with Gasteiger partial charge in [-0.2, -0.15) is 0 Å². The molecule has 0 N–H and O–H groups in total. The molecule has 3 rings (SSSR count). The molecule has 2 atom stereocenters. The Kier molecular flexibility index (Phi) is 5.24. The fourth-order valence-corrected chi connectivity index (χ4v) is 5.51.